The number of ether oxygens (including phenoxy) is 2. The van der Waals surface area contributed by atoms with Crippen LogP contribution in [0.2, 0.25) is 0 Å². The first-order valence-electron chi connectivity index (χ1n) is 9.97. The van der Waals surface area contributed by atoms with Gasteiger partial charge < -0.3 is 15.2 Å². The Morgan fingerprint density at radius 1 is 1.13 bits per heavy atom. The molecule has 0 saturated heterocycles. The van der Waals surface area contributed by atoms with Gasteiger partial charge in [0.05, 0.1) is 25.8 Å². The molecule has 9 heteroatoms. The molecule has 0 radical (unpaired) electrons. The Hall–Kier alpha value is -3.46. The van der Waals surface area contributed by atoms with Gasteiger partial charge in [0.1, 0.15) is 16.5 Å². The maximum absolute atomic E-state index is 11.9. The second kappa shape index (κ2) is 11.7. The van der Waals surface area contributed by atoms with E-state index < -0.39 is 0 Å². The van der Waals surface area contributed by atoms with E-state index in [1.54, 1.807) is 6.21 Å². The lowest BCUT2D eigenvalue weighted by Crippen LogP contribution is -2.19. The largest absolute Gasteiger partial charge is 0.493 e. The molecule has 0 aliphatic carbocycles. The van der Waals surface area contributed by atoms with E-state index in [1.165, 1.54) is 16.9 Å². The van der Waals surface area contributed by atoms with Crippen LogP contribution in [0.1, 0.15) is 29.5 Å². The van der Waals surface area contributed by atoms with Gasteiger partial charge in [-0.3, -0.25) is 4.79 Å². The summed E-state index contributed by atoms with van der Waals surface area (Å²) in [5.41, 5.74) is 10.0. The van der Waals surface area contributed by atoms with Crippen molar-refractivity contribution in [2.75, 3.05) is 18.9 Å². The molecule has 0 bridgehead atoms. The highest BCUT2D eigenvalue weighted by Gasteiger charge is 2.07. The molecular weight excluding hydrogens is 414 g/mol. The van der Waals surface area contributed by atoms with Crippen LogP contribution in [0.5, 0.6) is 11.5 Å². The molecule has 3 aromatic rings. The summed E-state index contributed by atoms with van der Waals surface area (Å²) >= 11 is 1.17. The summed E-state index contributed by atoms with van der Waals surface area (Å²) in [7, 11) is 0. The van der Waals surface area contributed by atoms with E-state index in [0.29, 0.717) is 29.1 Å². The molecule has 0 saturated carbocycles. The summed E-state index contributed by atoms with van der Waals surface area (Å²) in [6.07, 6.45) is 3.38. The normalized spacial score (nSPS) is 10.9. The Balaban J connectivity index is 1.41. The topological polar surface area (TPSA) is 112 Å². The molecule has 1 amide bonds. The number of rotatable bonds is 11. The smallest absolute Gasteiger partial charge is 0.247 e. The number of hydrogen-bond donors (Lipinski definition) is 2. The van der Waals surface area contributed by atoms with Crippen LogP contribution in [0.3, 0.4) is 0 Å². The van der Waals surface area contributed by atoms with Gasteiger partial charge in [0.2, 0.25) is 11.0 Å². The lowest BCUT2D eigenvalue weighted by Gasteiger charge is -2.10. The number of benzene rings is 2. The van der Waals surface area contributed by atoms with Crippen LogP contribution in [-0.4, -0.2) is 35.5 Å². The fraction of sp³-hybridized carbons (Fsp3) is 0.273. The highest BCUT2D eigenvalue weighted by Crippen LogP contribution is 2.17. The number of amides is 1. The summed E-state index contributed by atoms with van der Waals surface area (Å²) < 4.78 is 11.6. The third kappa shape index (κ3) is 7.38. The molecule has 1 aromatic heterocycles. The standard InChI is InChI=1S/C22H25N5O3S/c1-2-16-8-10-18(11-9-16)29-12-5-13-30-19-7-4-3-6-17(19)15-24-25-20(28)14-21-26-27-22(23)31-21/h3-4,6-11,15H,2,5,12-14H2,1H3,(H2,23,27)(H,25,28)/b24-15-. The van der Waals surface area contributed by atoms with Gasteiger partial charge in [0.15, 0.2) is 0 Å². The number of nitrogens with two attached hydrogens (primary N) is 1. The molecule has 8 nitrogen and oxygen atoms in total. The minimum absolute atomic E-state index is 0.0749. The number of nitrogen functional groups attached to an aromatic ring is 1. The van der Waals surface area contributed by atoms with Gasteiger partial charge in [-0.15, -0.1) is 10.2 Å². The fourth-order valence-electron chi connectivity index (χ4n) is 2.66. The minimum atomic E-state index is -0.296. The van der Waals surface area contributed by atoms with Gasteiger partial charge in [-0.2, -0.15) is 5.10 Å². The Labute approximate surface area is 185 Å². The zero-order valence-corrected chi connectivity index (χ0v) is 18.1. The van der Waals surface area contributed by atoms with Crippen LogP contribution >= 0.6 is 11.3 Å². The van der Waals surface area contributed by atoms with Crippen LogP contribution in [0.4, 0.5) is 5.13 Å². The zero-order chi connectivity index (χ0) is 21.9. The molecule has 0 atom stereocenters. The Morgan fingerprint density at radius 3 is 2.65 bits per heavy atom. The zero-order valence-electron chi connectivity index (χ0n) is 17.3. The van der Waals surface area contributed by atoms with E-state index in [0.717, 1.165) is 24.2 Å². The third-order valence-corrected chi connectivity index (χ3v) is 5.01. The number of para-hydroxylation sites is 1. The maximum atomic E-state index is 11.9. The van der Waals surface area contributed by atoms with Gasteiger partial charge in [-0.1, -0.05) is 42.5 Å². The average Bonchev–Trinajstić information content (AvgIpc) is 3.19. The second-order valence-corrected chi connectivity index (χ2v) is 7.68. The number of hydrazone groups is 1. The number of anilines is 1. The molecule has 0 fully saturated rings. The van der Waals surface area contributed by atoms with Crippen molar-refractivity contribution in [3.05, 3.63) is 64.7 Å². The Morgan fingerprint density at radius 2 is 1.90 bits per heavy atom. The monoisotopic (exact) mass is 439 g/mol. The second-order valence-electron chi connectivity index (χ2n) is 6.59. The van der Waals surface area contributed by atoms with E-state index in [9.17, 15) is 4.79 Å². The van der Waals surface area contributed by atoms with Crippen LogP contribution in [0.15, 0.2) is 53.6 Å². The van der Waals surface area contributed by atoms with Crippen molar-refractivity contribution in [1.29, 1.82) is 0 Å². The molecule has 0 aliphatic rings. The Bertz CT molecular complexity index is 1000. The van der Waals surface area contributed by atoms with Crippen molar-refractivity contribution < 1.29 is 14.3 Å². The number of aromatic nitrogens is 2. The molecule has 0 aliphatic heterocycles. The van der Waals surface area contributed by atoms with E-state index in [1.807, 2.05) is 36.4 Å². The molecule has 3 rings (SSSR count). The molecule has 31 heavy (non-hydrogen) atoms. The van der Waals surface area contributed by atoms with Crippen molar-refractivity contribution >= 4 is 28.6 Å². The van der Waals surface area contributed by atoms with Crippen LogP contribution < -0.4 is 20.6 Å². The first kappa shape index (κ1) is 22.2. The molecule has 0 spiro atoms. The van der Waals surface area contributed by atoms with Crippen molar-refractivity contribution in [1.82, 2.24) is 15.6 Å². The first-order chi connectivity index (χ1) is 15.1. The van der Waals surface area contributed by atoms with Crippen molar-refractivity contribution in [3.63, 3.8) is 0 Å². The van der Waals surface area contributed by atoms with E-state index >= 15 is 0 Å². The molecule has 2 aromatic carbocycles. The highest BCUT2D eigenvalue weighted by molar-refractivity contribution is 7.15. The van der Waals surface area contributed by atoms with Gasteiger partial charge in [-0.05, 0) is 36.2 Å². The number of carbonyl (C=O) groups excluding carboxylic acids is 1. The van der Waals surface area contributed by atoms with Crippen LogP contribution in [0.25, 0.3) is 0 Å². The molecule has 0 unspecified atom stereocenters. The summed E-state index contributed by atoms with van der Waals surface area (Å²) in [6.45, 7) is 3.19. The summed E-state index contributed by atoms with van der Waals surface area (Å²) in [5, 5.41) is 12.4. The molecular formula is C22H25N5O3S. The van der Waals surface area contributed by atoms with E-state index in [2.05, 4.69) is 39.8 Å². The van der Waals surface area contributed by atoms with Crippen molar-refractivity contribution in [3.8, 4) is 11.5 Å². The van der Waals surface area contributed by atoms with Crippen molar-refractivity contribution in [2.24, 2.45) is 5.10 Å². The molecule has 1 heterocycles. The molecule has 162 valence electrons. The number of nitrogens with zero attached hydrogens (tertiary/aromatic N) is 3. The molecule has 3 N–H and O–H groups in total. The van der Waals surface area contributed by atoms with Gasteiger partial charge in [0.25, 0.3) is 0 Å². The first-order valence-corrected chi connectivity index (χ1v) is 10.8. The number of hydrogen-bond acceptors (Lipinski definition) is 8. The number of nitrogens with one attached hydrogen (secondary N) is 1. The van der Waals surface area contributed by atoms with Gasteiger partial charge in [-0.25, -0.2) is 5.43 Å². The number of aryl methyl sites for hydroxylation is 1. The average molecular weight is 440 g/mol. The summed E-state index contributed by atoms with van der Waals surface area (Å²) in [6, 6.07) is 15.6. The lowest BCUT2D eigenvalue weighted by molar-refractivity contribution is -0.120. The number of carbonyl (C=O) groups is 1. The van der Waals surface area contributed by atoms with Crippen LogP contribution in [0, 0.1) is 0 Å². The quantitative estimate of drug-likeness (QED) is 0.270. The maximum Gasteiger partial charge on any atom is 0.247 e. The lowest BCUT2D eigenvalue weighted by atomic mass is 10.2. The predicted molar refractivity (Wildman–Crippen MR) is 122 cm³/mol. The third-order valence-electron chi connectivity index (χ3n) is 4.25. The summed E-state index contributed by atoms with van der Waals surface area (Å²) in [4.78, 5) is 11.9. The minimum Gasteiger partial charge on any atom is -0.493 e. The predicted octanol–water partition coefficient (Wildman–Crippen LogP) is 3.22. The SMILES string of the molecule is CCc1ccc(OCCCOc2ccccc2/C=N\NC(=O)Cc2nnc(N)s2)cc1. The van der Waals surface area contributed by atoms with Crippen LogP contribution in [-0.2, 0) is 17.6 Å². The van der Waals surface area contributed by atoms with Gasteiger partial charge >= 0.3 is 0 Å². The summed E-state index contributed by atoms with van der Waals surface area (Å²) in [5.74, 6) is 1.25. The van der Waals surface area contributed by atoms with Gasteiger partial charge in [0, 0.05) is 12.0 Å². The van der Waals surface area contributed by atoms with E-state index in [-0.39, 0.29) is 12.3 Å². The fourth-order valence-corrected chi connectivity index (χ4v) is 3.27. The highest BCUT2D eigenvalue weighted by atomic mass is 32.1. The van der Waals surface area contributed by atoms with Crippen molar-refractivity contribution in [2.45, 2.75) is 26.2 Å². The van der Waals surface area contributed by atoms with E-state index in [4.69, 9.17) is 15.2 Å². The Kier molecular flexibility index (Phi) is 8.36.